The molecule has 1 aliphatic heterocycles. The molecule has 9 heteroatoms. The van der Waals surface area contributed by atoms with E-state index in [9.17, 15) is 4.79 Å². The smallest absolute Gasteiger partial charge is 0.231 e. The third kappa shape index (κ3) is 8.05. The van der Waals surface area contributed by atoms with Crippen LogP contribution in [0, 0.1) is 0 Å². The molecule has 2 N–H and O–H groups in total. The average Bonchev–Trinajstić information content (AvgIpc) is 2.84. The lowest BCUT2D eigenvalue weighted by molar-refractivity contribution is -0.190. The number of hydrogen-bond donors (Lipinski definition) is 1. The lowest BCUT2D eigenvalue weighted by Crippen LogP contribution is -2.35. The van der Waals surface area contributed by atoms with Crippen LogP contribution in [0.15, 0.2) is 60.9 Å². The Hall–Kier alpha value is -2.42. The quantitative estimate of drug-likeness (QED) is 0.427. The lowest BCUT2D eigenvalue weighted by atomic mass is 9.94. The molecule has 35 heavy (non-hydrogen) atoms. The van der Waals surface area contributed by atoms with Crippen molar-refractivity contribution in [3.63, 3.8) is 0 Å². The number of hydrogen-bond acceptors (Lipinski definition) is 6. The van der Waals surface area contributed by atoms with Crippen LogP contribution in [0.3, 0.4) is 0 Å². The number of methoxy groups -OCH3 is 1. The molecule has 1 aromatic heterocycles. The van der Waals surface area contributed by atoms with Crippen LogP contribution >= 0.6 is 24.8 Å². The predicted octanol–water partition coefficient (Wildman–Crippen LogP) is 4.31. The summed E-state index contributed by atoms with van der Waals surface area (Å²) in [7, 11) is 1.68. The van der Waals surface area contributed by atoms with Gasteiger partial charge < -0.3 is 19.9 Å². The number of nitrogens with two attached hydrogens (primary N) is 1. The number of ether oxygens (including phenoxy) is 3. The third-order valence-electron chi connectivity index (χ3n) is 5.98. The second-order valence-electron chi connectivity index (χ2n) is 8.40. The van der Waals surface area contributed by atoms with Crippen LogP contribution in [0.25, 0.3) is 10.8 Å². The number of pyridine rings is 1. The number of carbonyl (C=O) groups excluding carboxylic acids is 1. The van der Waals surface area contributed by atoms with Gasteiger partial charge in [-0.3, -0.25) is 14.7 Å². The fourth-order valence-electron chi connectivity index (χ4n) is 4.32. The van der Waals surface area contributed by atoms with Crippen LogP contribution in [-0.2, 0) is 20.8 Å². The van der Waals surface area contributed by atoms with Crippen LogP contribution in [-0.4, -0.2) is 55.5 Å². The first-order valence-electron chi connectivity index (χ1n) is 11.3. The van der Waals surface area contributed by atoms with Gasteiger partial charge in [0.05, 0.1) is 26.9 Å². The van der Waals surface area contributed by atoms with E-state index in [1.807, 2.05) is 23.1 Å². The fourth-order valence-corrected chi connectivity index (χ4v) is 4.32. The van der Waals surface area contributed by atoms with Gasteiger partial charge in [-0.1, -0.05) is 24.3 Å². The van der Waals surface area contributed by atoms with Crippen molar-refractivity contribution in [2.75, 3.05) is 33.4 Å². The number of primary amides is 1. The Morgan fingerprint density at radius 3 is 2.54 bits per heavy atom. The number of benzene rings is 2. The van der Waals surface area contributed by atoms with Gasteiger partial charge >= 0.3 is 0 Å². The van der Waals surface area contributed by atoms with Crippen molar-refractivity contribution in [1.82, 2.24) is 9.88 Å². The number of rotatable bonds is 10. The molecule has 0 unspecified atom stereocenters. The van der Waals surface area contributed by atoms with E-state index in [2.05, 4.69) is 35.3 Å². The minimum absolute atomic E-state index is 0. The molecule has 0 radical (unpaired) electrons. The van der Waals surface area contributed by atoms with Crippen LogP contribution in [0.4, 0.5) is 0 Å². The van der Waals surface area contributed by atoms with Crippen molar-refractivity contribution < 1.29 is 19.0 Å². The van der Waals surface area contributed by atoms with Crippen LogP contribution in [0.2, 0.25) is 0 Å². The van der Waals surface area contributed by atoms with Gasteiger partial charge in [0.1, 0.15) is 5.75 Å². The van der Waals surface area contributed by atoms with Crippen LogP contribution < -0.4 is 10.5 Å². The SMILES string of the molecule is COc1ccc2c(C3COC(CCCN(CC(N)=O)Cc4ccncc4)OC3)cccc2c1.Cl.Cl. The largest absolute Gasteiger partial charge is 0.497 e. The van der Waals surface area contributed by atoms with E-state index >= 15 is 0 Å². The topological polar surface area (TPSA) is 86.9 Å². The highest BCUT2D eigenvalue weighted by atomic mass is 35.5. The van der Waals surface area contributed by atoms with Crippen molar-refractivity contribution in [1.29, 1.82) is 0 Å². The van der Waals surface area contributed by atoms with Gasteiger partial charge in [-0.15, -0.1) is 24.8 Å². The molecule has 2 aromatic carbocycles. The van der Waals surface area contributed by atoms with Gasteiger partial charge in [0.2, 0.25) is 5.91 Å². The zero-order chi connectivity index (χ0) is 23.0. The molecular weight excluding hydrogens is 489 g/mol. The van der Waals surface area contributed by atoms with E-state index in [4.69, 9.17) is 19.9 Å². The molecule has 1 fully saturated rings. The molecular formula is C26H33Cl2N3O4. The summed E-state index contributed by atoms with van der Waals surface area (Å²) in [5.74, 6) is 0.714. The summed E-state index contributed by atoms with van der Waals surface area (Å²) >= 11 is 0. The molecule has 1 saturated heterocycles. The number of aromatic nitrogens is 1. The number of halogens is 2. The first kappa shape index (κ1) is 28.8. The van der Waals surface area contributed by atoms with E-state index in [0.717, 1.165) is 36.1 Å². The molecule has 1 amide bonds. The molecule has 1 aliphatic rings. The molecule has 190 valence electrons. The second kappa shape index (κ2) is 14.2. The Labute approximate surface area is 218 Å². The van der Waals surface area contributed by atoms with E-state index in [1.165, 1.54) is 10.9 Å². The zero-order valence-corrected chi connectivity index (χ0v) is 21.4. The highest BCUT2D eigenvalue weighted by molar-refractivity contribution is 5.87. The summed E-state index contributed by atoms with van der Waals surface area (Å²) in [4.78, 5) is 17.6. The van der Waals surface area contributed by atoms with Gasteiger partial charge in [-0.25, -0.2) is 0 Å². The average molecular weight is 522 g/mol. The minimum Gasteiger partial charge on any atom is -0.497 e. The minimum atomic E-state index is -0.329. The number of carbonyl (C=O) groups is 1. The maximum atomic E-state index is 11.5. The molecule has 0 bridgehead atoms. The summed E-state index contributed by atoms with van der Waals surface area (Å²) in [6, 6.07) is 16.4. The summed E-state index contributed by atoms with van der Waals surface area (Å²) in [5.41, 5.74) is 7.78. The molecule has 0 spiro atoms. The molecule has 4 rings (SSSR count). The van der Waals surface area contributed by atoms with Crippen molar-refractivity contribution >= 4 is 41.5 Å². The van der Waals surface area contributed by atoms with Crippen molar-refractivity contribution in [3.8, 4) is 5.75 Å². The fraction of sp³-hybridized carbons (Fsp3) is 0.385. The molecule has 2 heterocycles. The van der Waals surface area contributed by atoms with E-state index in [0.29, 0.717) is 19.8 Å². The second-order valence-corrected chi connectivity index (χ2v) is 8.40. The van der Waals surface area contributed by atoms with Crippen LogP contribution in [0.5, 0.6) is 5.75 Å². The van der Waals surface area contributed by atoms with Crippen LogP contribution in [0.1, 0.15) is 29.9 Å². The third-order valence-corrected chi connectivity index (χ3v) is 5.98. The number of amides is 1. The Bertz CT molecular complexity index is 1060. The monoisotopic (exact) mass is 521 g/mol. The molecule has 0 saturated carbocycles. The van der Waals surface area contributed by atoms with E-state index < -0.39 is 0 Å². The number of fused-ring (bicyclic) bond motifs is 1. The van der Waals surface area contributed by atoms with Gasteiger partial charge in [0, 0.05) is 24.9 Å². The summed E-state index contributed by atoms with van der Waals surface area (Å²) in [6.45, 7) is 2.87. The van der Waals surface area contributed by atoms with Gasteiger partial charge in [-0.2, -0.15) is 0 Å². The van der Waals surface area contributed by atoms with Crippen molar-refractivity contribution in [2.45, 2.75) is 31.6 Å². The summed E-state index contributed by atoms with van der Waals surface area (Å²) in [6.07, 6.45) is 4.90. The molecule has 0 aliphatic carbocycles. The van der Waals surface area contributed by atoms with Crippen molar-refractivity contribution in [2.24, 2.45) is 5.73 Å². The molecule has 7 nitrogen and oxygen atoms in total. The normalized spacial score (nSPS) is 17.4. The zero-order valence-electron chi connectivity index (χ0n) is 19.8. The van der Waals surface area contributed by atoms with Gasteiger partial charge in [-0.05, 0) is 65.6 Å². The maximum absolute atomic E-state index is 11.5. The van der Waals surface area contributed by atoms with Gasteiger partial charge in [0.25, 0.3) is 0 Å². The Morgan fingerprint density at radius 1 is 1.11 bits per heavy atom. The highest BCUT2D eigenvalue weighted by Gasteiger charge is 2.25. The first-order chi connectivity index (χ1) is 16.1. The molecule has 3 aromatic rings. The lowest BCUT2D eigenvalue weighted by Gasteiger charge is -2.31. The Kier molecular flexibility index (Phi) is 11.7. The van der Waals surface area contributed by atoms with Crippen molar-refractivity contribution in [3.05, 3.63) is 72.1 Å². The van der Waals surface area contributed by atoms with Gasteiger partial charge in [0.15, 0.2) is 6.29 Å². The molecule has 0 atom stereocenters. The van der Waals surface area contributed by atoms with E-state index in [-0.39, 0.29) is 49.5 Å². The standard InChI is InChI=1S/C26H31N3O4.2ClH/c1-31-22-7-8-24-20(14-22)4-2-5-23(24)21-17-32-26(33-18-21)6-3-13-29(16-25(27)30)15-19-9-11-28-12-10-19;;/h2,4-5,7-12,14,21,26H,3,6,13,15-18H2,1H3,(H2,27,30);2*1H. The number of nitrogens with zero attached hydrogens (tertiary/aromatic N) is 2. The van der Waals surface area contributed by atoms with E-state index in [1.54, 1.807) is 19.5 Å². The first-order valence-corrected chi connectivity index (χ1v) is 11.3. The Balaban J connectivity index is 0.00000216. The summed E-state index contributed by atoms with van der Waals surface area (Å²) < 4.78 is 17.5. The predicted molar refractivity (Wildman–Crippen MR) is 141 cm³/mol. The Morgan fingerprint density at radius 2 is 1.86 bits per heavy atom. The maximum Gasteiger partial charge on any atom is 0.231 e. The summed E-state index contributed by atoms with van der Waals surface area (Å²) in [5, 5.41) is 2.35. The highest BCUT2D eigenvalue weighted by Crippen LogP contribution is 2.31.